The molecule has 0 unspecified atom stereocenters. The molecular weight excluding hydrogens is 254 g/mol. The van der Waals surface area contributed by atoms with Crippen LogP contribution in [0, 0.1) is 0 Å². The molecule has 0 fully saturated rings. The van der Waals surface area contributed by atoms with E-state index in [2.05, 4.69) is 11.3 Å². The number of carbonyl (C=O) groups excluding carboxylic acids is 2. The molecule has 0 rings (SSSR count). The number of amides is 1. The maximum atomic E-state index is 11.5. The fourth-order valence-electron chi connectivity index (χ4n) is 1.00. The average Bonchev–Trinajstić information content (AvgIpc) is 2.34. The lowest BCUT2D eigenvalue weighted by atomic mass is 10.2. The summed E-state index contributed by atoms with van der Waals surface area (Å²) in [5.74, 6) is -2.17. The number of hydrogen-bond acceptors (Lipinski definition) is 5. The molecule has 0 aliphatic rings. The topological polar surface area (TPSA) is 102 Å². The second-order valence-corrected chi connectivity index (χ2v) is 4.36. The van der Waals surface area contributed by atoms with E-state index in [-0.39, 0.29) is 13.5 Å². The smallest absolute Gasteiger partial charge is 0.408 e. The van der Waals surface area contributed by atoms with Crippen molar-refractivity contribution >= 4 is 18.0 Å². The minimum atomic E-state index is -1.46. The zero-order valence-corrected chi connectivity index (χ0v) is 11.0. The van der Waals surface area contributed by atoms with Gasteiger partial charge in [-0.3, -0.25) is 4.79 Å². The van der Waals surface area contributed by atoms with Gasteiger partial charge < -0.3 is 19.9 Å². The summed E-state index contributed by atoms with van der Waals surface area (Å²) in [6.07, 6.45) is -0.197. The number of ether oxygens (including phenoxy) is 2. The first-order chi connectivity index (χ1) is 9.21. The average molecular weight is 274 g/mol. The van der Waals surface area contributed by atoms with E-state index in [1.807, 2.05) is 5.32 Å². The predicted octanol–water partition coefficient (Wildman–Crippen LogP) is 1.08. The molecule has 0 aromatic heterocycles. The van der Waals surface area contributed by atoms with Crippen LogP contribution in [0.3, 0.4) is 0 Å². The summed E-state index contributed by atoms with van der Waals surface area (Å²) < 4.78 is 16.6. The van der Waals surface area contributed by atoms with Gasteiger partial charge in [-0.05, 0) is 20.7 Å². The molecule has 0 radical (unpaired) electrons. The van der Waals surface area contributed by atoms with Gasteiger partial charge in [-0.15, -0.1) is 0 Å². The van der Waals surface area contributed by atoms with E-state index in [0.29, 0.717) is 0 Å². The van der Waals surface area contributed by atoms with Crippen LogP contribution < -0.4 is 5.32 Å². The maximum absolute atomic E-state index is 11.5. The Morgan fingerprint density at radius 3 is 2.63 bits per heavy atom. The Kier molecular flexibility index (Phi) is 5.84. The van der Waals surface area contributed by atoms with Crippen molar-refractivity contribution in [1.29, 1.82) is 0 Å². The van der Waals surface area contributed by atoms with Crippen molar-refractivity contribution in [3.8, 4) is 0 Å². The van der Waals surface area contributed by atoms with Gasteiger partial charge in [0.1, 0.15) is 18.2 Å². The van der Waals surface area contributed by atoms with E-state index in [4.69, 9.17) is 11.2 Å². The van der Waals surface area contributed by atoms with E-state index < -0.39 is 36.1 Å². The van der Waals surface area contributed by atoms with Gasteiger partial charge in [-0.25, -0.2) is 9.59 Å². The van der Waals surface area contributed by atoms with Gasteiger partial charge in [-0.1, -0.05) is 12.7 Å². The molecule has 0 aromatic carbocycles. The zero-order valence-electron chi connectivity index (χ0n) is 12.0. The third-order valence-corrected chi connectivity index (χ3v) is 1.69. The number of aliphatic carboxylic acids is 1. The molecular formula is C12H19NO6. The fourth-order valence-corrected chi connectivity index (χ4v) is 1.00. The van der Waals surface area contributed by atoms with Crippen molar-refractivity contribution in [1.82, 2.24) is 5.32 Å². The van der Waals surface area contributed by atoms with Crippen LogP contribution in [0.5, 0.6) is 0 Å². The SMILES string of the molecule is [2H]CC(C)(C)OC(=O)N[C@@H](CC(=O)OCC=C)C(=O)O. The highest BCUT2D eigenvalue weighted by Gasteiger charge is 2.26. The highest BCUT2D eigenvalue weighted by molar-refractivity contribution is 5.85. The van der Waals surface area contributed by atoms with Crippen molar-refractivity contribution < 1.29 is 30.3 Å². The predicted molar refractivity (Wildman–Crippen MR) is 66.6 cm³/mol. The molecule has 0 aliphatic carbocycles. The van der Waals surface area contributed by atoms with Gasteiger partial charge in [0.15, 0.2) is 0 Å². The van der Waals surface area contributed by atoms with Crippen LogP contribution in [-0.4, -0.2) is 41.4 Å². The normalized spacial score (nSPS) is 12.8. The van der Waals surface area contributed by atoms with Crippen molar-refractivity contribution in [2.45, 2.75) is 38.8 Å². The lowest BCUT2D eigenvalue weighted by molar-refractivity contribution is -0.148. The van der Waals surface area contributed by atoms with E-state index in [1.54, 1.807) is 0 Å². The van der Waals surface area contributed by atoms with Crippen LogP contribution in [0.4, 0.5) is 4.79 Å². The Morgan fingerprint density at radius 2 is 2.16 bits per heavy atom. The molecule has 0 heterocycles. The molecule has 7 nitrogen and oxygen atoms in total. The van der Waals surface area contributed by atoms with Crippen LogP contribution in [-0.2, 0) is 19.1 Å². The maximum Gasteiger partial charge on any atom is 0.408 e. The Balaban J connectivity index is 4.48. The molecule has 0 saturated heterocycles. The molecule has 2 N–H and O–H groups in total. The number of esters is 1. The molecule has 0 bridgehead atoms. The van der Waals surface area contributed by atoms with E-state index >= 15 is 0 Å². The standard InChI is InChI=1S/C12H19NO6/c1-5-6-18-9(14)7-8(10(15)16)13-11(17)19-12(2,3)4/h5,8H,1,6-7H2,2-4H3,(H,13,17)(H,15,16)/t8-/m0/s1/i2D. The van der Waals surface area contributed by atoms with Crippen LogP contribution in [0.15, 0.2) is 12.7 Å². The molecule has 7 heteroatoms. The lowest BCUT2D eigenvalue weighted by Crippen LogP contribution is -2.44. The van der Waals surface area contributed by atoms with E-state index in [9.17, 15) is 14.4 Å². The Labute approximate surface area is 113 Å². The first-order valence-electron chi connectivity index (χ1n) is 6.20. The Bertz CT molecular complexity index is 382. The second-order valence-electron chi connectivity index (χ2n) is 4.36. The van der Waals surface area contributed by atoms with Crippen LogP contribution in [0.2, 0.25) is 0 Å². The summed E-state index contributed by atoms with van der Waals surface area (Å²) in [6, 6.07) is -1.46. The van der Waals surface area contributed by atoms with Crippen molar-refractivity contribution in [3.63, 3.8) is 0 Å². The van der Waals surface area contributed by atoms with E-state index in [0.717, 1.165) is 0 Å². The highest BCUT2D eigenvalue weighted by Crippen LogP contribution is 2.07. The lowest BCUT2D eigenvalue weighted by Gasteiger charge is -2.21. The second kappa shape index (κ2) is 7.40. The number of alkyl carbamates (subject to hydrolysis) is 1. The molecule has 1 amide bonds. The minimum Gasteiger partial charge on any atom is -0.480 e. The first kappa shape index (κ1) is 15.0. The monoisotopic (exact) mass is 274 g/mol. The summed E-state index contributed by atoms with van der Waals surface area (Å²) in [6.45, 7) is 6.14. The van der Waals surface area contributed by atoms with Gasteiger partial charge in [0.05, 0.1) is 6.42 Å². The molecule has 19 heavy (non-hydrogen) atoms. The Hall–Kier alpha value is -2.05. The number of rotatable bonds is 6. The number of carboxylic acid groups (broad SMARTS) is 1. The van der Waals surface area contributed by atoms with Gasteiger partial charge >= 0.3 is 18.0 Å². The molecule has 0 aliphatic heterocycles. The quantitative estimate of drug-likeness (QED) is 0.555. The van der Waals surface area contributed by atoms with Gasteiger partial charge in [0, 0.05) is 1.37 Å². The number of carbonyl (C=O) groups is 3. The van der Waals surface area contributed by atoms with Gasteiger partial charge in [0.25, 0.3) is 0 Å². The first-order valence-corrected chi connectivity index (χ1v) is 5.50. The third-order valence-electron chi connectivity index (χ3n) is 1.69. The highest BCUT2D eigenvalue weighted by atomic mass is 16.6. The van der Waals surface area contributed by atoms with Gasteiger partial charge in [0.2, 0.25) is 0 Å². The van der Waals surface area contributed by atoms with Crippen molar-refractivity contribution in [2.24, 2.45) is 0 Å². The number of hydrogen-bond donors (Lipinski definition) is 2. The van der Waals surface area contributed by atoms with Crippen LogP contribution in [0.25, 0.3) is 0 Å². The summed E-state index contributed by atoms with van der Waals surface area (Å²) in [7, 11) is 0. The van der Waals surface area contributed by atoms with Crippen LogP contribution in [0.1, 0.15) is 28.5 Å². The van der Waals surface area contributed by atoms with E-state index in [1.165, 1.54) is 19.9 Å². The zero-order chi connectivity index (χ0) is 15.8. The Morgan fingerprint density at radius 1 is 1.53 bits per heavy atom. The molecule has 1 atom stereocenters. The largest absolute Gasteiger partial charge is 0.480 e. The molecule has 0 spiro atoms. The van der Waals surface area contributed by atoms with Crippen molar-refractivity contribution in [2.75, 3.05) is 6.61 Å². The summed E-state index contributed by atoms with van der Waals surface area (Å²) in [5, 5.41) is 11.0. The van der Waals surface area contributed by atoms with Crippen molar-refractivity contribution in [3.05, 3.63) is 12.7 Å². The molecule has 0 saturated carbocycles. The molecule has 108 valence electrons. The van der Waals surface area contributed by atoms with Crippen LogP contribution >= 0.6 is 0 Å². The summed E-state index contributed by atoms with van der Waals surface area (Å²) >= 11 is 0. The number of nitrogens with one attached hydrogen (secondary N) is 1. The summed E-state index contributed by atoms with van der Waals surface area (Å²) in [5.41, 5.74) is -1.05. The molecule has 0 aromatic rings. The van der Waals surface area contributed by atoms with Gasteiger partial charge in [-0.2, -0.15) is 0 Å². The minimum absolute atomic E-state index is 0.0402. The fraction of sp³-hybridized carbons (Fsp3) is 0.583. The summed E-state index contributed by atoms with van der Waals surface area (Å²) in [4.78, 5) is 33.7. The third kappa shape index (κ3) is 8.64. The number of carboxylic acids is 1.